The average molecular weight is 552 g/mol. The van der Waals surface area contributed by atoms with Crippen molar-refractivity contribution in [3.63, 3.8) is 0 Å². The van der Waals surface area contributed by atoms with E-state index in [2.05, 4.69) is 0 Å². The van der Waals surface area contributed by atoms with E-state index in [0.29, 0.717) is 18.4 Å². The first-order valence-electron chi connectivity index (χ1n) is 13.9. The van der Waals surface area contributed by atoms with Gasteiger partial charge in [0.05, 0.1) is 6.61 Å². The zero-order valence-corrected chi connectivity index (χ0v) is 23.9. The Labute approximate surface area is 231 Å². The molecule has 10 nitrogen and oxygen atoms in total. The smallest absolute Gasteiger partial charge is 0.480 e. The van der Waals surface area contributed by atoms with Gasteiger partial charge in [-0.15, -0.1) is 0 Å². The molecule has 1 rings (SSSR count). The summed E-state index contributed by atoms with van der Waals surface area (Å²) in [5, 5.41) is 9.75. The highest BCUT2D eigenvalue weighted by Gasteiger charge is 2.36. The number of carboxylic acid groups (broad SMARTS) is 1. The zero-order valence-electron chi connectivity index (χ0n) is 23.9. The minimum Gasteiger partial charge on any atom is -0.480 e. The van der Waals surface area contributed by atoms with Crippen LogP contribution in [0, 0.1) is 5.92 Å². The lowest BCUT2D eigenvalue weighted by Gasteiger charge is -2.31. The summed E-state index contributed by atoms with van der Waals surface area (Å²) in [5.74, 6) is -3.59. The van der Waals surface area contributed by atoms with Crippen LogP contribution < -0.4 is 15.2 Å². The van der Waals surface area contributed by atoms with Crippen LogP contribution in [0.1, 0.15) is 104 Å². The maximum absolute atomic E-state index is 12.4. The topological polar surface area (TPSA) is 151 Å². The third-order valence-corrected chi connectivity index (χ3v) is 6.50. The van der Waals surface area contributed by atoms with Crippen molar-refractivity contribution in [2.24, 2.45) is 11.7 Å². The molecular weight excluding hydrogens is 506 g/mol. The molecule has 1 aromatic rings. The van der Waals surface area contributed by atoms with Crippen LogP contribution in [0.2, 0.25) is 0 Å². The summed E-state index contributed by atoms with van der Waals surface area (Å²) in [6.45, 7) is 9.51. The highest BCUT2D eigenvalue weighted by atomic mass is 16.7. The fourth-order valence-corrected chi connectivity index (χ4v) is 3.97. The molecule has 0 aliphatic heterocycles. The third-order valence-electron chi connectivity index (χ3n) is 6.50. The largest absolute Gasteiger partial charge is 0.508 e. The first-order valence-corrected chi connectivity index (χ1v) is 13.9. The lowest BCUT2D eigenvalue weighted by molar-refractivity contribution is -0.140. The van der Waals surface area contributed by atoms with Crippen molar-refractivity contribution in [1.29, 1.82) is 0 Å². The molecule has 0 saturated carbocycles. The van der Waals surface area contributed by atoms with Crippen molar-refractivity contribution in [2.45, 2.75) is 110 Å². The number of hydrogen-bond donors (Lipinski definition) is 2. The number of carbonyl (C=O) groups is 4. The van der Waals surface area contributed by atoms with Crippen LogP contribution in [0.4, 0.5) is 4.79 Å². The lowest BCUT2D eigenvalue weighted by Crippen LogP contribution is -2.42. The standard InChI is InChI=1S/C29H45NO9/c1-6-9-12-17-36-29(35)37-20(5)19(4)26(27(30)28(33)34)21-15-16-22(38-24(31)13-10-7-2)23(18-21)39-25(32)14-11-8-3/h15-16,18-20,26-27H,6-14,17,30H2,1-5H3,(H,33,34)/t19?,20?,26?,27-/m0/s1. The molecule has 1 aromatic carbocycles. The molecule has 0 saturated heterocycles. The summed E-state index contributed by atoms with van der Waals surface area (Å²) >= 11 is 0. The molecule has 0 heterocycles. The van der Waals surface area contributed by atoms with Crippen molar-refractivity contribution < 1.29 is 43.2 Å². The molecule has 4 atom stereocenters. The average Bonchev–Trinajstić information content (AvgIpc) is 2.89. The number of nitrogens with two attached hydrogens (primary N) is 1. The van der Waals surface area contributed by atoms with Gasteiger partial charge >= 0.3 is 24.1 Å². The molecule has 0 spiro atoms. The molecule has 39 heavy (non-hydrogen) atoms. The zero-order chi connectivity index (χ0) is 29.4. The van der Waals surface area contributed by atoms with E-state index in [1.54, 1.807) is 19.9 Å². The molecule has 0 bridgehead atoms. The Bertz CT molecular complexity index is 933. The number of aliphatic carboxylic acids is 1. The van der Waals surface area contributed by atoms with Gasteiger partial charge in [-0.3, -0.25) is 14.4 Å². The van der Waals surface area contributed by atoms with Crippen LogP contribution in [-0.2, 0) is 23.9 Å². The number of carbonyl (C=O) groups excluding carboxylic acids is 3. The Morgan fingerprint density at radius 1 is 0.846 bits per heavy atom. The highest BCUT2D eigenvalue weighted by Crippen LogP contribution is 2.37. The SMILES string of the molecule is CCCCCOC(=O)OC(C)C(C)C(c1ccc(OC(=O)CCCC)c(OC(=O)CCCC)c1)[C@H](N)C(=O)O. The summed E-state index contributed by atoms with van der Waals surface area (Å²) in [5.41, 5.74) is 6.53. The number of esters is 2. The molecule has 0 amide bonds. The summed E-state index contributed by atoms with van der Waals surface area (Å²) in [7, 11) is 0. The summed E-state index contributed by atoms with van der Waals surface area (Å²) < 4.78 is 21.5. The van der Waals surface area contributed by atoms with E-state index < -0.39 is 48.0 Å². The maximum Gasteiger partial charge on any atom is 0.508 e. The molecule has 0 fully saturated rings. The fraction of sp³-hybridized carbons (Fsp3) is 0.655. The van der Waals surface area contributed by atoms with Gasteiger partial charge in [0.2, 0.25) is 0 Å². The van der Waals surface area contributed by atoms with Gasteiger partial charge in [-0.05, 0) is 43.9 Å². The second-order valence-electron chi connectivity index (χ2n) is 9.74. The van der Waals surface area contributed by atoms with Gasteiger partial charge in [0, 0.05) is 24.7 Å². The van der Waals surface area contributed by atoms with Crippen molar-refractivity contribution in [1.82, 2.24) is 0 Å². The number of hydrogen-bond acceptors (Lipinski definition) is 9. The molecule has 0 aliphatic carbocycles. The minimum atomic E-state index is -1.37. The van der Waals surface area contributed by atoms with Gasteiger partial charge in [0.25, 0.3) is 0 Å². The van der Waals surface area contributed by atoms with Crippen molar-refractivity contribution >= 4 is 24.1 Å². The van der Waals surface area contributed by atoms with Crippen molar-refractivity contribution in [2.75, 3.05) is 6.61 Å². The second-order valence-corrected chi connectivity index (χ2v) is 9.74. The van der Waals surface area contributed by atoms with E-state index in [1.807, 2.05) is 20.8 Å². The molecule has 3 N–H and O–H groups in total. The van der Waals surface area contributed by atoms with Crippen LogP contribution >= 0.6 is 0 Å². The minimum absolute atomic E-state index is 0.00264. The van der Waals surface area contributed by atoms with E-state index in [1.165, 1.54) is 12.1 Å². The second kappa shape index (κ2) is 18.2. The Morgan fingerprint density at radius 3 is 1.95 bits per heavy atom. The number of carboxylic acids is 1. The van der Waals surface area contributed by atoms with Gasteiger partial charge in [0.1, 0.15) is 12.1 Å². The highest BCUT2D eigenvalue weighted by molar-refractivity contribution is 5.77. The van der Waals surface area contributed by atoms with Gasteiger partial charge in [-0.2, -0.15) is 0 Å². The van der Waals surface area contributed by atoms with Crippen LogP contribution in [-0.4, -0.2) is 47.9 Å². The molecule has 0 radical (unpaired) electrons. The van der Waals surface area contributed by atoms with Crippen LogP contribution in [0.25, 0.3) is 0 Å². The van der Waals surface area contributed by atoms with Crippen LogP contribution in [0.3, 0.4) is 0 Å². The van der Waals surface area contributed by atoms with Gasteiger partial charge in [-0.1, -0.05) is 59.4 Å². The first kappa shape index (κ1) is 33.9. The number of rotatable bonds is 18. The van der Waals surface area contributed by atoms with Crippen LogP contribution in [0.15, 0.2) is 18.2 Å². The van der Waals surface area contributed by atoms with Gasteiger partial charge in [0.15, 0.2) is 11.5 Å². The molecular formula is C29H45NO9. The summed E-state index contributed by atoms with van der Waals surface area (Å²) in [6.07, 6.45) is 4.28. The molecule has 220 valence electrons. The van der Waals surface area contributed by atoms with Crippen molar-refractivity contribution in [3.8, 4) is 11.5 Å². The maximum atomic E-state index is 12.4. The van der Waals surface area contributed by atoms with Gasteiger partial charge < -0.3 is 29.8 Å². The van der Waals surface area contributed by atoms with Crippen LogP contribution in [0.5, 0.6) is 11.5 Å². The van der Waals surface area contributed by atoms with Crippen molar-refractivity contribution in [3.05, 3.63) is 23.8 Å². The van der Waals surface area contributed by atoms with E-state index in [4.69, 9.17) is 24.7 Å². The summed E-state index contributed by atoms with van der Waals surface area (Å²) in [4.78, 5) is 48.8. The predicted octanol–water partition coefficient (Wildman–Crippen LogP) is 5.74. The Hall–Kier alpha value is -3.14. The Balaban J connectivity index is 3.28. The number of benzene rings is 1. The predicted molar refractivity (Wildman–Crippen MR) is 146 cm³/mol. The lowest BCUT2D eigenvalue weighted by atomic mass is 9.79. The molecule has 0 aliphatic rings. The van der Waals surface area contributed by atoms with E-state index >= 15 is 0 Å². The fourth-order valence-electron chi connectivity index (χ4n) is 3.97. The van der Waals surface area contributed by atoms with Gasteiger partial charge in [-0.25, -0.2) is 4.79 Å². The normalized spacial score (nSPS) is 14.0. The first-order chi connectivity index (χ1) is 18.5. The number of unbranched alkanes of at least 4 members (excludes halogenated alkanes) is 4. The quantitative estimate of drug-likeness (QED) is 0.131. The molecule has 3 unspecified atom stereocenters. The molecule has 10 heteroatoms. The summed E-state index contributed by atoms with van der Waals surface area (Å²) in [6, 6.07) is 3.13. The number of ether oxygens (including phenoxy) is 4. The Morgan fingerprint density at radius 2 is 1.41 bits per heavy atom. The van der Waals surface area contributed by atoms with E-state index in [0.717, 1.165) is 32.1 Å². The Kier molecular flexibility index (Phi) is 15.8. The monoisotopic (exact) mass is 551 g/mol. The molecule has 0 aromatic heterocycles. The van der Waals surface area contributed by atoms with E-state index in [-0.39, 0.29) is 30.9 Å². The van der Waals surface area contributed by atoms with E-state index in [9.17, 15) is 24.3 Å². The third kappa shape index (κ3) is 12.1.